The molecule has 1 heterocycles. The SMILES string of the molecule is O=S(=O)(CCl)NCCc1cscn1. The molecule has 4 nitrogen and oxygen atoms in total. The van der Waals surface area contributed by atoms with Crippen LogP contribution in [0.15, 0.2) is 10.9 Å². The second-order valence-corrected chi connectivity index (χ2v) is 5.46. The molecule has 0 bridgehead atoms. The number of rotatable bonds is 5. The fraction of sp³-hybridized carbons (Fsp3) is 0.500. The van der Waals surface area contributed by atoms with Gasteiger partial charge in [0.15, 0.2) is 0 Å². The zero-order valence-electron chi connectivity index (χ0n) is 6.73. The van der Waals surface area contributed by atoms with Crippen LogP contribution in [0.2, 0.25) is 0 Å². The molecule has 0 unspecified atom stereocenters. The Morgan fingerprint density at radius 1 is 1.62 bits per heavy atom. The standard InChI is InChI=1S/C6H9ClN2O2S2/c7-4-13(10,11)9-2-1-6-3-12-5-8-6/h3,5,9H,1-2,4H2. The van der Waals surface area contributed by atoms with E-state index in [-0.39, 0.29) is 0 Å². The summed E-state index contributed by atoms with van der Waals surface area (Å²) in [6.45, 7) is 0.346. The molecule has 0 atom stereocenters. The zero-order chi connectivity index (χ0) is 9.73. The van der Waals surface area contributed by atoms with Crippen LogP contribution in [-0.4, -0.2) is 25.2 Å². The van der Waals surface area contributed by atoms with Crippen molar-refractivity contribution >= 4 is 33.0 Å². The molecule has 0 radical (unpaired) electrons. The maximum atomic E-state index is 10.9. The van der Waals surface area contributed by atoms with E-state index in [4.69, 9.17) is 11.6 Å². The monoisotopic (exact) mass is 240 g/mol. The van der Waals surface area contributed by atoms with Crippen molar-refractivity contribution < 1.29 is 8.42 Å². The first kappa shape index (κ1) is 10.9. The van der Waals surface area contributed by atoms with Gasteiger partial charge in [0.05, 0.1) is 11.2 Å². The summed E-state index contributed by atoms with van der Waals surface area (Å²) < 4.78 is 24.1. The summed E-state index contributed by atoms with van der Waals surface area (Å²) in [6.07, 6.45) is 0.597. The van der Waals surface area contributed by atoms with Crippen molar-refractivity contribution in [1.82, 2.24) is 9.71 Å². The van der Waals surface area contributed by atoms with Crippen LogP contribution in [0, 0.1) is 0 Å². The number of nitrogens with zero attached hydrogens (tertiary/aromatic N) is 1. The van der Waals surface area contributed by atoms with Gasteiger partial charge in [0.25, 0.3) is 0 Å². The number of halogens is 1. The summed E-state index contributed by atoms with van der Waals surface area (Å²) in [6, 6.07) is 0. The lowest BCUT2D eigenvalue weighted by Crippen LogP contribution is -2.26. The predicted octanol–water partition coefficient (Wildman–Crippen LogP) is 0.801. The van der Waals surface area contributed by atoms with Gasteiger partial charge in [-0.3, -0.25) is 0 Å². The molecule has 7 heteroatoms. The molecule has 13 heavy (non-hydrogen) atoms. The molecular formula is C6H9ClN2O2S2. The maximum absolute atomic E-state index is 10.9. The molecule has 0 aliphatic carbocycles. The second-order valence-electron chi connectivity index (χ2n) is 2.35. The minimum absolute atomic E-state index is 0.346. The average Bonchev–Trinajstić information content (AvgIpc) is 2.57. The molecule has 74 valence electrons. The third-order valence-corrected chi connectivity index (χ3v) is 3.76. The number of hydrogen-bond donors (Lipinski definition) is 1. The van der Waals surface area contributed by atoms with Gasteiger partial charge in [-0.1, -0.05) is 0 Å². The zero-order valence-corrected chi connectivity index (χ0v) is 9.12. The van der Waals surface area contributed by atoms with Crippen molar-refractivity contribution in [2.75, 3.05) is 11.8 Å². The molecular weight excluding hydrogens is 232 g/mol. The van der Waals surface area contributed by atoms with Crippen LogP contribution >= 0.6 is 22.9 Å². The molecule has 0 aromatic carbocycles. The molecule has 0 saturated heterocycles. The van der Waals surface area contributed by atoms with E-state index in [0.717, 1.165) is 5.69 Å². The Balaban J connectivity index is 2.30. The van der Waals surface area contributed by atoms with E-state index in [2.05, 4.69) is 9.71 Å². The number of sulfonamides is 1. The van der Waals surface area contributed by atoms with Crippen LogP contribution in [0.3, 0.4) is 0 Å². The number of aromatic nitrogens is 1. The lowest BCUT2D eigenvalue weighted by molar-refractivity contribution is 0.586. The summed E-state index contributed by atoms with van der Waals surface area (Å²) >= 11 is 6.68. The van der Waals surface area contributed by atoms with Crippen LogP contribution in [-0.2, 0) is 16.4 Å². The molecule has 1 aromatic heterocycles. The number of hydrogen-bond acceptors (Lipinski definition) is 4. The van der Waals surface area contributed by atoms with Crippen LogP contribution in [0.4, 0.5) is 0 Å². The van der Waals surface area contributed by atoms with Gasteiger partial charge in [0, 0.05) is 18.3 Å². The summed E-state index contributed by atoms with van der Waals surface area (Å²) in [5.74, 6) is 0. The van der Waals surface area contributed by atoms with Crippen LogP contribution in [0.1, 0.15) is 5.69 Å². The highest BCUT2D eigenvalue weighted by Crippen LogP contribution is 2.00. The maximum Gasteiger partial charge on any atom is 0.225 e. The van der Waals surface area contributed by atoms with Gasteiger partial charge in [-0.05, 0) is 0 Å². The largest absolute Gasteiger partial charge is 0.250 e. The Labute approximate surface area is 86.0 Å². The summed E-state index contributed by atoms with van der Waals surface area (Å²) in [5, 5.41) is 1.49. The van der Waals surface area contributed by atoms with E-state index >= 15 is 0 Å². The van der Waals surface area contributed by atoms with Gasteiger partial charge in [-0.15, -0.1) is 22.9 Å². The van der Waals surface area contributed by atoms with Gasteiger partial charge in [-0.2, -0.15) is 0 Å². The van der Waals surface area contributed by atoms with E-state index in [1.54, 1.807) is 5.51 Å². The van der Waals surface area contributed by atoms with E-state index in [1.165, 1.54) is 11.3 Å². The smallest absolute Gasteiger partial charge is 0.225 e. The molecule has 0 amide bonds. The van der Waals surface area contributed by atoms with Gasteiger partial charge in [0.2, 0.25) is 10.0 Å². The predicted molar refractivity (Wildman–Crippen MR) is 53.5 cm³/mol. The summed E-state index contributed by atoms with van der Waals surface area (Å²) in [5.41, 5.74) is 2.60. The fourth-order valence-corrected chi connectivity index (χ4v) is 2.05. The Morgan fingerprint density at radius 3 is 2.92 bits per heavy atom. The highest BCUT2D eigenvalue weighted by molar-refractivity contribution is 7.90. The molecule has 1 N–H and O–H groups in total. The summed E-state index contributed by atoms with van der Waals surface area (Å²) in [7, 11) is -3.28. The molecule has 0 fully saturated rings. The number of alkyl halides is 1. The van der Waals surface area contributed by atoms with E-state index in [9.17, 15) is 8.42 Å². The molecule has 0 spiro atoms. The minimum atomic E-state index is -3.28. The van der Waals surface area contributed by atoms with Crippen molar-refractivity contribution in [3.63, 3.8) is 0 Å². The second kappa shape index (κ2) is 4.90. The van der Waals surface area contributed by atoms with Crippen molar-refractivity contribution in [2.45, 2.75) is 6.42 Å². The van der Waals surface area contributed by atoms with Crippen LogP contribution in [0.25, 0.3) is 0 Å². The molecule has 0 aliphatic rings. The van der Waals surface area contributed by atoms with E-state index in [0.29, 0.717) is 13.0 Å². The van der Waals surface area contributed by atoms with Crippen molar-refractivity contribution in [1.29, 1.82) is 0 Å². The minimum Gasteiger partial charge on any atom is -0.250 e. The highest BCUT2D eigenvalue weighted by atomic mass is 35.5. The van der Waals surface area contributed by atoms with Crippen molar-refractivity contribution in [3.8, 4) is 0 Å². The summed E-state index contributed by atoms with van der Waals surface area (Å²) in [4.78, 5) is 4.01. The van der Waals surface area contributed by atoms with Crippen LogP contribution < -0.4 is 4.72 Å². The molecule has 1 aromatic rings. The normalized spacial score (nSPS) is 11.8. The Bertz CT molecular complexity index is 336. The Kier molecular flexibility index (Phi) is 4.11. The van der Waals surface area contributed by atoms with Gasteiger partial charge >= 0.3 is 0 Å². The molecule has 1 rings (SSSR count). The quantitative estimate of drug-likeness (QED) is 0.775. The average molecular weight is 241 g/mol. The van der Waals surface area contributed by atoms with Gasteiger partial charge < -0.3 is 0 Å². The lowest BCUT2D eigenvalue weighted by atomic mass is 10.3. The van der Waals surface area contributed by atoms with Crippen LogP contribution in [0.5, 0.6) is 0 Å². The lowest BCUT2D eigenvalue weighted by Gasteiger charge is -2.00. The molecule has 0 aliphatic heterocycles. The highest BCUT2D eigenvalue weighted by Gasteiger charge is 2.06. The number of nitrogens with one attached hydrogen (secondary N) is 1. The van der Waals surface area contributed by atoms with Gasteiger partial charge in [-0.25, -0.2) is 18.1 Å². The third kappa shape index (κ3) is 4.04. The van der Waals surface area contributed by atoms with Crippen molar-refractivity contribution in [2.24, 2.45) is 0 Å². The first-order chi connectivity index (χ1) is 6.14. The van der Waals surface area contributed by atoms with Gasteiger partial charge in [0.1, 0.15) is 5.21 Å². The fourth-order valence-electron chi connectivity index (χ4n) is 0.734. The Morgan fingerprint density at radius 2 is 2.38 bits per heavy atom. The first-order valence-electron chi connectivity index (χ1n) is 3.54. The first-order valence-corrected chi connectivity index (χ1v) is 6.67. The number of thiazole rings is 1. The van der Waals surface area contributed by atoms with E-state index < -0.39 is 15.2 Å². The third-order valence-electron chi connectivity index (χ3n) is 1.33. The van der Waals surface area contributed by atoms with E-state index in [1.807, 2.05) is 5.38 Å². The topological polar surface area (TPSA) is 59.1 Å². The molecule has 0 saturated carbocycles. The Hall–Kier alpha value is -0.170. The van der Waals surface area contributed by atoms with Crippen molar-refractivity contribution in [3.05, 3.63) is 16.6 Å².